The van der Waals surface area contributed by atoms with Crippen molar-refractivity contribution in [2.45, 2.75) is 32.2 Å². The quantitative estimate of drug-likeness (QED) is 0.530. The van der Waals surface area contributed by atoms with E-state index in [0.717, 1.165) is 0 Å². The fourth-order valence-corrected chi connectivity index (χ4v) is 3.10. The van der Waals surface area contributed by atoms with Crippen molar-refractivity contribution >= 4 is 11.8 Å². The van der Waals surface area contributed by atoms with Gasteiger partial charge in [-0.1, -0.05) is 0 Å². The fourth-order valence-electron chi connectivity index (χ4n) is 3.10. The Hall–Kier alpha value is -1.92. The van der Waals surface area contributed by atoms with E-state index in [-0.39, 0.29) is 18.2 Å². The van der Waals surface area contributed by atoms with Crippen molar-refractivity contribution in [2.24, 2.45) is 0 Å². The molecule has 6 heteroatoms. The van der Waals surface area contributed by atoms with Crippen molar-refractivity contribution in [3.05, 3.63) is 29.8 Å². The van der Waals surface area contributed by atoms with Crippen LogP contribution in [0, 0.1) is 0 Å². The van der Waals surface area contributed by atoms with Crippen molar-refractivity contribution in [3.8, 4) is 5.75 Å². The number of carbonyl (C=O) groups is 2. The van der Waals surface area contributed by atoms with E-state index >= 15 is 0 Å². The van der Waals surface area contributed by atoms with Crippen LogP contribution in [0.4, 0.5) is 0 Å². The lowest BCUT2D eigenvalue weighted by Gasteiger charge is -2.42. The molecule has 0 bridgehead atoms. The molecule has 1 aliphatic rings. The van der Waals surface area contributed by atoms with Gasteiger partial charge in [0.1, 0.15) is 5.75 Å². The molecule has 1 atom stereocenters. The lowest BCUT2D eigenvalue weighted by atomic mass is 9.84. The van der Waals surface area contributed by atoms with Crippen LogP contribution in [0.5, 0.6) is 5.75 Å². The van der Waals surface area contributed by atoms with Crippen LogP contribution in [-0.4, -0.2) is 62.2 Å². The zero-order valence-corrected chi connectivity index (χ0v) is 15.2. The van der Waals surface area contributed by atoms with E-state index in [1.807, 2.05) is 6.92 Å². The first-order valence-electron chi connectivity index (χ1n) is 8.68. The first kappa shape index (κ1) is 19.4. The van der Waals surface area contributed by atoms with E-state index in [9.17, 15) is 9.59 Å². The minimum Gasteiger partial charge on any atom is -0.497 e. The minimum absolute atomic E-state index is 0.00125. The van der Waals surface area contributed by atoms with E-state index in [4.69, 9.17) is 14.2 Å². The maximum Gasteiger partial charge on any atom is 0.305 e. The summed E-state index contributed by atoms with van der Waals surface area (Å²) in [6.07, 6.45) is 0.625. The summed E-state index contributed by atoms with van der Waals surface area (Å²) in [4.78, 5) is 27.2. The zero-order valence-electron chi connectivity index (χ0n) is 15.2. The molecule has 0 radical (unpaired) electrons. The van der Waals surface area contributed by atoms with Crippen LogP contribution in [0.3, 0.4) is 0 Å². The number of esters is 1. The second-order valence-electron chi connectivity index (χ2n) is 6.24. The number of Topliss-reactive ketones (excluding diaryl/α,β-unsaturated/α-hetero) is 1. The fraction of sp³-hybridized carbons (Fsp3) is 0.579. The molecule has 25 heavy (non-hydrogen) atoms. The third-order valence-corrected chi connectivity index (χ3v) is 4.67. The normalized spacial score (nSPS) is 17.6. The van der Waals surface area contributed by atoms with Crippen LogP contribution in [0.1, 0.15) is 37.0 Å². The lowest BCUT2D eigenvalue weighted by Crippen LogP contribution is -2.56. The molecule has 0 spiro atoms. The van der Waals surface area contributed by atoms with Crippen molar-refractivity contribution in [1.29, 1.82) is 0 Å². The molecule has 1 unspecified atom stereocenters. The van der Waals surface area contributed by atoms with Crippen LogP contribution in [0.2, 0.25) is 0 Å². The summed E-state index contributed by atoms with van der Waals surface area (Å²) in [5.74, 6) is 0.432. The van der Waals surface area contributed by atoms with E-state index in [1.54, 1.807) is 38.3 Å². The highest BCUT2D eigenvalue weighted by Gasteiger charge is 2.40. The Kier molecular flexibility index (Phi) is 6.96. The van der Waals surface area contributed by atoms with Crippen molar-refractivity contribution in [1.82, 2.24) is 4.90 Å². The summed E-state index contributed by atoms with van der Waals surface area (Å²) >= 11 is 0. The topological polar surface area (TPSA) is 65.1 Å². The molecule has 138 valence electrons. The summed E-state index contributed by atoms with van der Waals surface area (Å²) in [6, 6.07) is 7.09. The van der Waals surface area contributed by atoms with Gasteiger partial charge in [-0.25, -0.2) is 0 Å². The highest BCUT2D eigenvalue weighted by molar-refractivity contribution is 6.03. The molecule has 0 saturated carbocycles. The Bertz CT molecular complexity index is 580. The number of ether oxygens (including phenoxy) is 3. The minimum atomic E-state index is -0.773. The SMILES string of the molecule is CCOC(=O)CCC(C)(C(=O)c1ccc(OC)cc1)N1CCOCC1. The molecule has 0 aromatic heterocycles. The highest BCUT2D eigenvalue weighted by atomic mass is 16.5. The third kappa shape index (κ3) is 4.80. The number of ketones is 1. The van der Waals surface area contributed by atoms with Gasteiger partial charge < -0.3 is 14.2 Å². The number of hydrogen-bond acceptors (Lipinski definition) is 6. The Morgan fingerprint density at radius 2 is 1.84 bits per heavy atom. The molecule has 1 aliphatic heterocycles. The smallest absolute Gasteiger partial charge is 0.305 e. The van der Waals surface area contributed by atoms with Gasteiger partial charge in [-0.15, -0.1) is 0 Å². The Labute approximate surface area is 149 Å². The van der Waals surface area contributed by atoms with Gasteiger partial charge in [-0.2, -0.15) is 0 Å². The molecule has 0 N–H and O–H groups in total. The van der Waals surface area contributed by atoms with Gasteiger partial charge in [0, 0.05) is 25.1 Å². The van der Waals surface area contributed by atoms with Crippen LogP contribution < -0.4 is 4.74 Å². The molecule has 1 saturated heterocycles. The average Bonchev–Trinajstić information content (AvgIpc) is 2.66. The first-order chi connectivity index (χ1) is 12.0. The second kappa shape index (κ2) is 8.97. The number of morpholine rings is 1. The van der Waals surface area contributed by atoms with Crippen LogP contribution in [0.25, 0.3) is 0 Å². The van der Waals surface area contributed by atoms with Crippen LogP contribution >= 0.6 is 0 Å². The van der Waals surface area contributed by atoms with Gasteiger partial charge >= 0.3 is 5.97 Å². The second-order valence-corrected chi connectivity index (χ2v) is 6.24. The largest absolute Gasteiger partial charge is 0.497 e. The third-order valence-electron chi connectivity index (χ3n) is 4.67. The van der Waals surface area contributed by atoms with Gasteiger partial charge in [0.05, 0.1) is 32.5 Å². The number of hydrogen-bond donors (Lipinski definition) is 0. The lowest BCUT2D eigenvalue weighted by molar-refractivity contribution is -0.143. The Morgan fingerprint density at radius 1 is 1.20 bits per heavy atom. The highest BCUT2D eigenvalue weighted by Crippen LogP contribution is 2.28. The molecule has 0 aliphatic carbocycles. The molecule has 2 rings (SSSR count). The van der Waals surface area contributed by atoms with Gasteiger partial charge in [-0.05, 0) is 44.5 Å². The van der Waals surface area contributed by atoms with Crippen molar-refractivity contribution in [2.75, 3.05) is 40.0 Å². The Balaban J connectivity index is 2.21. The summed E-state index contributed by atoms with van der Waals surface area (Å²) in [5, 5.41) is 0. The van der Waals surface area contributed by atoms with E-state index < -0.39 is 5.54 Å². The molecule has 1 fully saturated rings. The van der Waals surface area contributed by atoms with Crippen LogP contribution in [-0.2, 0) is 14.3 Å². The molecule has 1 aromatic carbocycles. The maximum atomic E-state index is 13.3. The van der Waals surface area contributed by atoms with E-state index in [2.05, 4.69) is 4.90 Å². The standard InChI is InChI=1S/C19H27NO5/c1-4-25-17(21)9-10-19(2,20-11-13-24-14-12-20)18(22)15-5-7-16(23-3)8-6-15/h5-8H,4,9-14H2,1-3H3. The van der Waals surface area contributed by atoms with Crippen molar-refractivity contribution in [3.63, 3.8) is 0 Å². The molecule has 1 heterocycles. The summed E-state index contributed by atoms with van der Waals surface area (Å²) in [7, 11) is 1.59. The van der Waals surface area contributed by atoms with Gasteiger partial charge in [0.15, 0.2) is 5.78 Å². The van der Waals surface area contributed by atoms with Gasteiger partial charge in [-0.3, -0.25) is 14.5 Å². The van der Waals surface area contributed by atoms with E-state index in [1.165, 1.54) is 0 Å². The molecular formula is C19H27NO5. The maximum absolute atomic E-state index is 13.3. The average molecular weight is 349 g/mol. The van der Waals surface area contributed by atoms with E-state index in [0.29, 0.717) is 50.6 Å². The van der Waals surface area contributed by atoms with Gasteiger partial charge in [0.2, 0.25) is 0 Å². The van der Waals surface area contributed by atoms with Crippen molar-refractivity contribution < 1.29 is 23.8 Å². The number of rotatable bonds is 8. The molecule has 1 aromatic rings. The van der Waals surface area contributed by atoms with Gasteiger partial charge in [0.25, 0.3) is 0 Å². The first-order valence-corrected chi connectivity index (χ1v) is 8.68. The zero-order chi connectivity index (χ0) is 18.3. The number of carbonyl (C=O) groups excluding carboxylic acids is 2. The Morgan fingerprint density at radius 3 is 2.40 bits per heavy atom. The predicted octanol–water partition coefficient (Wildman–Crippen LogP) is 2.31. The summed E-state index contributed by atoms with van der Waals surface area (Å²) in [5.41, 5.74) is -0.163. The number of methoxy groups -OCH3 is 1. The number of nitrogens with zero attached hydrogens (tertiary/aromatic N) is 1. The molecular weight excluding hydrogens is 322 g/mol. The molecule has 0 amide bonds. The predicted molar refractivity (Wildman–Crippen MR) is 94.0 cm³/mol. The monoisotopic (exact) mass is 349 g/mol. The molecule has 6 nitrogen and oxygen atoms in total. The summed E-state index contributed by atoms with van der Waals surface area (Å²) in [6.45, 7) is 6.55. The van der Waals surface area contributed by atoms with Crippen LogP contribution in [0.15, 0.2) is 24.3 Å². The summed E-state index contributed by atoms with van der Waals surface area (Å²) < 4.78 is 15.6. The number of benzene rings is 1.